The number of esters is 1. The molecule has 20 heavy (non-hydrogen) atoms. The Hall–Kier alpha value is -2.04. The molecule has 0 radical (unpaired) electrons. The van der Waals surface area contributed by atoms with E-state index in [2.05, 4.69) is 15.3 Å². The highest BCUT2D eigenvalue weighted by atomic mass is 16.5. The van der Waals surface area contributed by atoms with E-state index in [0.717, 1.165) is 11.1 Å². The van der Waals surface area contributed by atoms with Crippen LogP contribution in [0.15, 0.2) is 29.4 Å². The number of hydrogen-bond donors (Lipinski definition) is 1. The van der Waals surface area contributed by atoms with Gasteiger partial charge < -0.3 is 4.74 Å². The van der Waals surface area contributed by atoms with E-state index in [1.165, 1.54) is 0 Å². The quantitative estimate of drug-likeness (QED) is 0.273. The molecule has 0 bridgehead atoms. The van der Waals surface area contributed by atoms with Crippen molar-refractivity contribution < 1.29 is 9.53 Å². The average molecular weight is 276 g/mol. The van der Waals surface area contributed by atoms with Crippen LogP contribution in [0.4, 0.5) is 0 Å². The van der Waals surface area contributed by atoms with E-state index in [1.807, 2.05) is 31.2 Å². The Morgan fingerprint density at radius 2 is 2.10 bits per heavy atom. The van der Waals surface area contributed by atoms with Crippen LogP contribution in [-0.2, 0) is 15.1 Å². The zero-order valence-electron chi connectivity index (χ0n) is 12.1. The predicted octanol–water partition coefficient (Wildman–Crippen LogP) is 2.67. The first-order valence-corrected chi connectivity index (χ1v) is 6.55. The second-order valence-electron chi connectivity index (χ2n) is 4.59. The van der Waals surface area contributed by atoms with Crippen molar-refractivity contribution in [2.45, 2.75) is 26.3 Å². The molecule has 0 amide bonds. The van der Waals surface area contributed by atoms with Crippen LogP contribution >= 0.6 is 0 Å². The molecule has 0 aliphatic rings. The third kappa shape index (κ3) is 3.98. The molecule has 1 aromatic carbocycles. The van der Waals surface area contributed by atoms with Crippen molar-refractivity contribution in [3.8, 4) is 0 Å². The number of hydrogen-bond acceptors (Lipinski definition) is 4. The van der Waals surface area contributed by atoms with Crippen LogP contribution in [0.1, 0.15) is 25.0 Å². The van der Waals surface area contributed by atoms with E-state index >= 15 is 0 Å². The zero-order valence-corrected chi connectivity index (χ0v) is 12.1. The predicted molar refractivity (Wildman–Crippen MR) is 77.2 cm³/mol. The molecule has 0 aliphatic carbocycles. The molecule has 1 N–H and O–H groups in total. The Labute approximate surface area is 118 Å². The number of aryl methyl sites for hydroxylation is 1. The smallest absolute Gasteiger partial charge is 0.330 e. The molecule has 6 heteroatoms. The molecule has 108 valence electrons. The summed E-state index contributed by atoms with van der Waals surface area (Å²) < 4.78 is 5.14. The molecule has 0 saturated heterocycles. The first-order valence-electron chi connectivity index (χ1n) is 6.55. The number of ether oxygens (including phenoxy) is 1. The van der Waals surface area contributed by atoms with Gasteiger partial charge in [0.1, 0.15) is 5.54 Å². The van der Waals surface area contributed by atoms with Gasteiger partial charge in [0.2, 0.25) is 0 Å². The first kappa shape index (κ1) is 16.0. The molecule has 0 heterocycles. The average Bonchev–Trinajstić information content (AvgIpc) is 2.44. The van der Waals surface area contributed by atoms with Crippen LogP contribution in [-0.4, -0.2) is 25.7 Å². The van der Waals surface area contributed by atoms with Gasteiger partial charge in [-0.1, -0.05) is 34.9 Å². The summed E-state index contributed by atoms with van der Waals surface area (Å²) >= 11 is 0. The molecule has 0 aromatic heterocycles. The summed E-state index contributed by atoms with van der Waals surface area (Å²) in [5, 5.41) is 6.57. The van der Waals surface area contributed by atoms with Crippen molar-refractivity contribution in [1.29, 1.82) is 0 Å². The molecule has 0 saturated carbocycles. The number of benzene rings is 1. The van der Waals surface area contributed by atoms with E-state index in [9.17, 15) is 4.79 Å². The molecule has 6 nitrogen and oxygen atoms in total. The van der Waals surface area contributed by atoms with Crippen molar-refractivity contribution in [1.82, 2.24) is 5.32 Å². The SMILES string of the molecule is CCOC(=O)C(C)(NCCN=[N+]=[N-])c1ccc(C)cc1. The minimum atomic E-state index is -0.950. The highest BCUT2D eigenvalue weighted by molar-refractivity contribution is 5.82. The first-order chi connectivity index (χ1) is 9.54. The van der Waals surface area contributed by atoms with Crippen LogP contribution in [0, 0.1) is 6.92 Å². The van der Waals surface area contributed by atoms with Crippen molar-refractivity contribution in [2.75, 3.05) is 19.7 Å². The Bertz CT molecular complexity index is 494. The van der Waals surface area contributed by atoms with Crippen LogP contribution < -0.4 is 5.32 Å². The fourth-order valence-corrected chi connectivity index (χ4v) is 1.86. The lowest BCUT2D eigenvalue weighted by Gasteiger charge is -2.29. The van der Waals surface area contributed by atoms with Gasteiger partial charge in [-0.15, -0.1) is 0 Å². The summed E-state index contributed by atoms with van der Waals surface area (Å²) in [7, 11) is 0. The normalized spacial score (nSPS) is 13.2. The Morgan fingerprint density at radius 3 is 2.65 bits per heavy atom. The van der Waals surface area contributed by atoms with E-state index in [0.29, 0.717) is 13.2 Å². The van der Waals surface area contributed by atoms with Gasteiger partial charge in [0.15, 0.2) is 0 Å². The van der Waals surface area contributed by atoms with Crippen LogP contribution in [0.25, 0.3) is 10.4 Å². The van der Waals surface area contributed by atoms with E-state index in [4.69, 9.17) is 10.3 Å². The van der Waals surface area contributed by atoms with Crippen molar-refractivity contribution in [2.24, 2.45) is 5.11 Å². The zero-order chi connectivity index (χ0) is 15.0. The summed E-state index contributed by atoms with van der Waals surface area (Å²) in [6.07, 6.45) is 0. The molecular formula is C14H20N4O2. The Morgan fingerprint density at radius 1 is 1.45 bits per heavy atom. The maximum absolute atomic E-state index is 12.2. The number of carbonyl (C=O) groups is 1. The standard InChI is InChI=1S/C14H20N4O2/c1-4-20-13(19)14(3,16-9-10-17-18-15)12-7-5-11(2)6-8-12/h5-8,16H,4,9-10H2,1-3H3. The summed E-state index contributed by atoms with van der Waals surface area (Å²) in [5.74, 6) is -0.343. The van der Waals surface area contributed by atoms with Crippen LogP contribution in [0.5, 0.6) is 0 Å². The van der Waals surface area contributed by atoms with Crippen molar-refractivity contribution in [3.05, 3.63) is 45.8 Å². The molecule has 0 spiro atoms. The Balaban J connectivity index is 2.96. The summed E-state index contributed by atoms with van der Waals surface area (Å²) in [6, 6.07) is 7.68. The van der Waals surface area contributed by atoms with Gasteiger partial charge in [0.05, 0.1) is 6.61 Å². The lowest BCUT2D eigenvalue weighted by Crippen LogP contribution is -2.48. The van der Waals surface area contributed by atoms with E-state index < -0.39 is 5.54 Å². The highest BCUT2D eigenvalue weighted by Crippen LogP contribution is 2.23. The number of nitrogens with zero attached hydrogens (tertiary/aromatic N) is 3. The molecule has 1 unspecified atom stereocenters. The second-order valence-corrected chi connectivity index (χ2v) is 4.59. The molecule has 0 aliphatic heterocycles. The fourth-order valence-electron chi connectivity index (χ4n) is 1.86. The molecule has 0 fully saturated rings. The monoisotopic (exact) mass is 276 g/mol. The number of carbonyl (C=O) groups excluding carboxylic acids is 1. The molecule has 1 atom stereocenters. The molecule has 1 rings (SSSR count). The summed E-state index contributed by atoms with van der Waals surface area (Å²) in [5.41, 5.74) is 9.27. The van der Waals surface area contributed by atoms with Gasteiger partial charge in [-0.25, -0.2) is 4.79 Å². The minimum absolute atomic E-state index is 0.275. The van der Waals surface area contributed by atoms with Gasteiger partial charge in [-0.05, 0) is 31.9 Å². The van der Waals surface area contributed by atoms with E-state index in [-0.39, 0.29) is 12.5 Å². The Kier molecular flexibility index (Phi) is 6.03. The highest BCUT2D eigenvalue weighted by Gasteiger charge is 2.35. The lowest BCUT2D eigenvalue weighted by atomic mass is 9.91. The van der Waals surface area contributed by atoms with Gasteiger partial charge >= 0.3 is 5.97 Å². The number of rotatable bonds is 7. The summed E-state index contributed by atoms with van der Waals surface area (Å²) in [6.45, 7) is 6.52. The largest absolute Gasteiger partial charge is 0.464 e. The minimum Gasteiger partial charge on any atom is -0.464 e. The second kappa shape index (κ2) is 7.53. The third-order valence-electron chi connectivity index (χ3n) is 3.07. The maximum Gasteiger partial charge on any atom is 0.330 e. The topological polar surface area (TPSA) is 87.1 Å². The van der Waals surface area contributed by atoms with Crippen LogP contribution in [0.2, 0.25) is 0 Å². The molecule has 1 aromatic rings. The lowest BCUT2D eigenvalue weighted by molar-refractivity contribution is -0.151. The van der Waals surface area contributed by atoms with Gasteiger partial charge in [-0.2, -0.15) is 0 Å². The summed E-state index contributed by atoms with van der Waals surface area (Å²) in [4.78, 5) is 14.9. The van der Waals surface area contributed by atoms with Crippen LogP contribution in [0.3, 0.4) is 0 Å². The maximum atomic E-state index is 12.2. The van der Waals surface area contributed by atoms with Gasteiger partial charge in [-0.3, -0.25) is 5.32 Å². The van der Waals surface area contributed by atoms with Crippen molar-refractivity contribution in [3.63, 3.8) is 0 Å². The molecular weight excluding hydrogens is 256 g/mol. The van der Waals surface area contributed by atoms with Gasteiger partial charge in [0.25, 0.3) is 0 Å². The van der Waals surface area contributed by atoms with Gasteiger partial charge in [0, 0.05) is 18.0 Å². The third-order valence-corrected chi connectivity index (χ3v) is 3.07. The number of azide groups is 1. The van der Waals surface area contributed by atoms with E-state index in [1.54, 1.807) is 13.8 Å². The number of nitrogens with one attached hydrogen (secondary N) is 1. The van der Waals surface area contributed by atoms with Crippen molar-refractivity contribution >= 4 is 5.97 Å². The fraction of sp³-hybridized carbons (Fsp3) is 0.500.